The molecule has 0 fully saturated rings. The van der Waals surface area contributed by atoms with Crippen molar-refractivity contribution in [2.45, 2.75) is 39.2 Å². The molecule has 1 aromatic heterocycles. The minimum absolute atomic E-state index is 0.381. The first kappa shape index (κ1) is 17.0. The van der Waals surface area contributed by atoms with Gasteiger partial charge in [0.05, 0.1) is 15.9 Å². The van der Waals surface area contributed by atoms with E-state index in [-0.39, 0.29) is 0 Å². The van der Waals surface area contributed by atoms with Crippen molar-refractivity contribution >= 4 is 43.5 Å². The van der Waals surface area contributed by atoms with Crippen molar-refractivity contribution in [3.8, 4) is 0 Å². The van der Waals surface area contributed by atoms with Crippen molar-refractivity contribution in [2.24, 2.45) is 0 Å². The van der Waals surface area contributed by atoms with Crippen molar-refractivity contribution in [1.82, 2.24) is 9.78 Å². The molecule has 1 heterocycles. The summed E-state index contributed by atoms with van der Waals surface area (Å²) >= 11 is 13.5. The Kier molecular flexibility index (Phi) is 6.33. The van der Waals surface area contributed by atoms with Gasteiger partial charge in [0.1, 0.15) is 0 Å². The third kappa shape index (κ3) is 3.91. The fraction of sp³-hybridized carbons (Fsp3) is 0.438. The number of benzene rings is 1. The quantitative estimate of drug-likeness (QED) is 0.541. The highest BCUT2D eigenvalue weighted by Crippen LogP contribution is 2.30. The van der Waals surface area contributed by atoms with E-state index in [1.807, 2.05) is 12.1 Å². The molecular formula is C16H19Br2ClN2. The number of halogens is 3. The SMILES string of the molecule is CCc1nn(CC)c(CC(CBr)c2cccc(Cl)c2)c1Br. The van der Waals surface area contributed by atoms with Gasteiger partial charge in [0.2, 0.25) is 0 Å². The van der Waals surface area contributed by atoms with Crippen LogP contribution in [0.1, 0.15) is 36.7 Å². The maximum Gasteiger partial charge on any atom is 0.0766 e. The number of hydrogen-bond acceptors (Lipinski definition) is 1. The minimum Gasteiger partial charge on any atom is -0.268 e. The van der Waals surface area contributed by atoms with Crippen LogP contribution in [0.15, 0.2) is 28.7 Å². The van der Waals surface area contributed by atoms with E-state index in [1.165, 1.54) is 11.3 Å². The molecule has 5 heteroatoms. The van der Waals surface area contributed by atoms with Crippen LogP contribution in [-0.4, -0.2) is 15.1 Å². The first-order valence-corrected chi connectivity index (χ1v) is 9.45. The lowest BCUT2D eigenvalue weighted by Crippen LogP contribution is -2.10. The van der Waals surface area contributed by atoms with Crippen LogP contribution in [0.3, 0.4) is 0 Å². The number of hydrogen-bond donors (Lipinski definition) is 0. The molecule has 1 aromatic carbocycles. The largest absolute Gasteiger partial charge is 0.268 e. The predicted molar refractivity (Wildman–Crippen MR) is 96.7 cm³/mol. The van der Waals surface area contributed by atoms with Gasteiger partial charge >= 0.3 is 0 Å². The lowest BCUT2D eigenvalue weighted by Gasteiger charge is -2.16. The summed E-state index contributed by atoms with van der Waals surface area (Å²) in [5.41, 5.74) is 3.65. The molecule has 0 bridgehead atoms. The Hall–Kier alpha value is -0.320. The van der Waals surface area contributed by atoms with Crippen molar-refractivity contribution in [3.05, 3.63) is 50.7 Å². The third-order valence-corrected chi connectivity index (χ3v) is 5.57. The van der Waals surface area contributed by atoms with Crippen LogP contribution < -0.4 is 0 Å². The zero-order valence-corrected chi connectivity index (χ0v) is 16.2. The molecule has 0 aliphatic carbocycles. The van der Waals surface area contributed by atoms with Crippen LogP contribution in [0, 0.1) is 0 Å². The third-order valence-electron chi connectivity index (χ3n) is 3.64. The smallest absolute Gasteiger partial charge is 0.0766 e. The van der Waals surface area contributed by atoms with Gasteiger partial charge in [-0.05, 0) is 59.3 Å². The van der Waals surface area contributed by atoms with E-state index >= 15 is 0 Å². The summed E-state index contributed by atoms with van der Waals surface area (Å²) in [6.07, 6.45) is 1.88. The average Bonchev–Trinajstić information content (AvgIpc) is 2.80. The van der Waals surface area contributed by atoms with Crippen LogP contribution >= 0.6 is 43.5 Å². The highest BCUT2D eigenvalue weighted by Gasteiger charge is 2.19. The topological polar surface area (TPSA) is 17.8 Å². The van der Waals surface area contributed by atoms with Crippen molar-refractivity contribution in [1.29, 1.82) is 0 Å². The molecule has 21 heavy (non-hydrogen) atoms. The Labute approximate surface area is 148 Å². The van der Waals surface area contributed by atoms with Crippen LogP contribution in [-0.2, 0) is 19.4 Å². The second kappa shape index (κ2) is 7.80. The summed E-state index contributed by atoms with van der Waals surface area (Å²) in [6.45, 7) is 5.15. The van der Waals surface area contributed by atoms with E-state index in [1.54, 1.807) is 0 Å². The summed E-state index contributed by atoms with van der Waals surface area (Å²) in [5.74, 6) is 0.381. The lowest BCUT2D eigenvalue weighted by atomic mass is 9.96. The average molecular weight is 435 g/mol. The Morgan fingerprint density at radius 3 is 2.67 bits per heavy atom. The first-order valence-electron chi connectivity index (χ1n) is 7.16. The molecule has 0 aliphatic rings. The number of rotatable bonds is 6. The summed E-state index contributed by atoms with van der Waals surface area (Å²) < 4.78 is 3.25. The summed E-state index contributed by atoms with van der Waals surface area (Å²) in [6, 6.07) is 8.11. The molecule has 0 N–H and O–H groups in total. The Bertz CT molecular complexity index is 610. The zero-order valence-electron chi connectivity index (χ0n) is 12.2. The van der Waals surface area contributed by atoms with Crippen LogP contribution in [0.25, 0.3) is 0 Å². The maximum absolute atomic E-state index is 6.12. The monoisotopic (exact) mass is 432 g/mol. The molecule has 0 radical (unpaired) electrons. The standard InChI is InChI=1S/C16H19Br2ClN2/c1-3-14-16(18)15(21(4-2)20-14)9-12(10-17)11-6-5-7-13(19)8-11/h5-8,12H,3-4,9-10H2,1-2H3. The second-order valence-electron chi connectivity index (χ2n) is 4.99. The van der Waals surface area contributed by atoms with E-state index in [0.29, 0.717) is 5.92 Å². The summed E-state index contributed by atoms with van der Waals surface area (Å²) in [5, 5.41) is 6.36. The van der Waals surface area contributed by atoms with Crippen molar-refractivity contribution in [2.75, 3.05) is 5.33 Å². The Balaban J connectivity index is 2.32. The molecule has 0 aliphatic heterocycles. The lowest BCUT2D eigenvalue weighted by molar-refractivity contribution is 0.594. The molecule has 0 saturated heterocycles. The minimum atomic E-state index is 0.381. The number of aryl methyl sites for hydroxylation is 2. The van der Waals surface area contributed by atoms with Gasteiger partial charge in [-0.3, -0.25) is 4.68 Å². The van der Waals surface area contributed by atoms with Crippen molar-refractivity contribution < 1.29 is 0 Å². The van der Waals surface area contributed by atoms with E-state index in [0.717, 1.165) is 39.9 Å². The number of alkyl halides is 1. The molecule has 114 valence electrons. The van der Waals surface area contributed by atoms with Crippen molar-refractivity contribution in [3.63, 3.8) is 0 Å². The van der Waals surface area contributed by atoms with Crippen LogP contribution in [0.4, 0.5) is 0 Å². The first-order chi connectivity index (χ1) is 10.1. The van der Waals surface area contributed by atoms with Gasteiger partial charge < -0.3 is 0 Å². The van der Waals surface area contributed by atoms with E-state index in [9.17, 15) is 0 Å². The van der Waals surface area contributed by atoms with Crippen LogP contribution in [0.5, 0.6) is 0 Å². The number of nitrogens with zero attached hydrogens (tertiary/aromatic N) is 2. The van der Waals surface area contributed by atoms with Gasteiger partial charge in [0, 0.05) is 16.9 Å². The van der Waals surface area contributed by atoms with Gasteiger partial charge in [-0.15, -0.1) is 0 Å². The zero-order chi connectivity index (χ0) is 15.4. The van der Waals surface area contributed by atoms with E-state index in [4.69, 9.17) is 11.6 Å². The molecule has 2 aromatic rings. The summed E-state index contributed by atoms with van der Waals surface area (Å²) in [4.78, 5) is 0. The molecule has 0 amide bonds. The molecule has 2 nitrogen and oxygen atoms in total. The molecule has 1 atom stereocenters. The maximum atomic E-state index is 6.12. The Morgan fingerprint density at radius 2 is 2.10 bits per heavy atom. The van der Waals surface area contributed by atoms with Gasteiger partial charge in [-0.2, -0.15) is 5.10 Å². The van der Waals surface area contributed by atoms with Gasteiger partial charge in [-0.1, -0.05) is 46.6 Å². The molecular weight excluding hydrogens is 415 g/mol. The molecule has 0 saturated carbocycles. The van der Waals surface area contributed by atoms with Gasteiger partial charge in [0.15, 0.2) is 0 Å². The summed E-state index contributed by atoms with van der Waals surface area (Å²) in [7, 11) is 0. The Morgan fingerprint density at radius 1 is 1.33 bits per heavy atom. The van der Waals surface area contributed by atoms with Gasteiger partial charge in [0.25, 0.3) is 0 Å². The molecule has 0 spiro atoms. The van der Waals surface area contributed by atoms with E-state index in [2.05, 4.69) is 67.6 Å². The predicted octanol–water partition coefficient (Wildman–Crippen LogP) is 5.60. The normalized spacial score (nSPS) is 12.6. The molecule has 1 unspecified atom stereocenters. The fourth-order valence-corrected chi connectivity index (χ4v) is 4.00. The van der Waals surface area contributed by atoms with Gasteiger partial charge in [-0.25, -0.2) is 0 Å². The fourth-order valence-electron chi connectivity index (χ4n) is 2.47. The highest BCUT2D eigenvalue weighted by atomic mass is 79.9. The molecule has 2 rings (SSSR count). The second-order valence-corrected chi connectivity index (χ2v) is 6.86. The highest BCUT2D eigenvalue weighted by molar-refractivity contribution is 9.10. The van der Waals surface area contributed by atoms with Crippen LogP contribution in [0.2, 0.25) is 5.02 Å². The number of aromatic nitrogens is 2. The van der Waals surface area contributed by atoms with E-state index < -0.39 is 0 Å².